The van der Waals surface area contributed by atoms with Crippen molar-refractivity contribution in [3.63, 3.8) is 0 Å². The number of phenols is 1. The van der Waals surface area contributed by atoms with Crippen LogP contribution in [0.15, 0.2) is 12.1 Å². The van der Waals surface area contributed by atoms with E-state index in [-0.39, 0.29) is 17.5 Å². The summed E-state index contributed by atoms with van der Waals surface area (Å²) in [6.45, 7) is 0.397. The Morgan fingerprint density at radius 3 is 3.00 bits per heavy atom. The van der Waals surface area contributed by atoms with Gasteiger partial charge in [0.15, 0.2) is 11.6 Å². The van der Waals surface area contributed by atoms with E-state index < -0.39 is 5.82 Å². The molecule has 3 nitrogen and oxygen atoms in total. The maximum atomic E-state index is 13.1. The van der Waals surface area contributed by atoms with Gasteiger partial charge in [-0.3, -0.25) is 0 Å². The second kappa shape index (κ2) is 2.88. The predicted molar refractivity (Wildman–Crippen MR) is 45.1 cm³/mol. The quantitative estimate of drug-likeness (QED) is 0.637. The van der Waals surface area contributed by atoms with Crippen molar-refractivity contribution in [2.45, 2.75) is 12.5 Å². The van der Waals surface area contributed by atoms with E-state index in [1.807, 2.05) is 0 Å². The normalized spacial score (nSPS) is 20.6. The van der Waals surface area contributed by atoms with Crippen LogP contribution in [0.3, 0.4) is 0 Å². The van der Waals surface area contributed by atoms with Crippen LogP contribution in [0.25, 0.3) is 0 Å². The van der Waals surface area contributed by atoms with Crippen molar-refractivity contribution in [1.29, 1.82) is 0 Å². The summed E-state index contributed by atoms with van der Waals surface area (Å²) in [5.41, 5.74) is 6.09. The molecule has 13 heavy (non-hydrogen) atoms. The summed E-state index contributed by atoms with van der Waals surface area (Å²) in [6, 6.07) is 2.13. The van der Waals surface area contributed by atoms with Crippen LogP contribution in [0, 0.1) is 5.82 Å². The molecule has 0 saturated heterocycles. The smallest absolute Gasteiger partial charge is 0.165 e. The van der Waals surface area contributed by atoms with Crippen molar-refractivity contribution in [2.75, 3.05) is 6.61 Å². The van der Waals surface area contributed by atoms with Crippen molar-refractivity contribution in [2.24, 2.45) is 5.73 Å². The van der Waals surface area contributed by atoms with E-state index in [0.717, 1.165) is 0 Å². The fraction of sp³-hybridized carbons (Fsp3) is 0.333. The molecule has 1 unspecified atom stereocenters. The maximum absolute atomic E-state index is 13.1. The number of phenolic OH excluding ortho intramolecular Hbond substituents is 1. The second-order valence-corrected chi connectivity index (χ2v) is 3.05. The Morgan fingerprint density at radius 2 is 2.31 bits per heavy atom. The lowest BCUT2D eigenvalue weighted by atomic mass is 10.0. The van der Waals surface area contributed by atoms with Crippen molar-refractivity contribution in [3.05, 3.63) is 23.5 Å². The summed E-state index contributed by atoms with van der Waals surface area (Å²) >= 11 is 0. The molecular formula is C9H10FNO2. The van der Waals surface area contributed by atoms with Crippen LogP contribution in [0.2, 0.25) is 0 Å². The highest BCUT2D eigenvalue weighted by molar-refractivity contribution is 5.47. The molecule has 0 spiro atoms. The van der Waals surface area contributed by atoms with Gasteiger partial charge in [-0.1, -0.05) is 0 Å². The molecule has 1 aromatic carbocycles. The average molecular weight is 183 g/mol. The van der Waals surface area contributed by atoms with Gasteiger partial charge in [-0.25, -0.2) is 4.39 Å². The molecule has 0 saturated carbocycles. The lowest BCUT2D eigenvalue weighted by molar-refractivity contribution is 0.250. The Balaban J connectivity index is 2.60. The number of aromatic hydroxyl groups is 1. The molecule has 0 bridgehead atoms. The van der Waals surface area contributed by atoms with E-state index in [1.165, 1.54) is 12.1 Å². The van der Waals surface area contributed by atoms with Crippen molar-refractivity contribution in [3.8, 4) is 11.5 Å². The number of benzene rings is 1. The van der Waals surface area contributed by atoms with Crippen LogP contribution in [0.5, 0.6) is 11.5 Å². The first kappa shape index (κ1) is 8.31. The molecule has 1 atom stereocenters. The molecule has 0 radical (unpaired) electrons. The molecule has 70 valence electrons. The Labute approximate surface area is 74.9 Å². The SMILES string of the molecule is NC1CCOc2c(F)ccc(O)c21. The molecule has 1 heterocycles. The predicted octanol–water partition coefficient (Wildman–Crippen LogP) is 1.31. The molecule has 1 aliphatic heterocycles. The average Bonchev–Trinajstić information content (AvgIpc) is 2.12. The number of rotatable bonds is 0. The van der Waals surface area contributed by atoms with E-state index in [1.54, 1.807) is 0 Å². The molecule has 3 N–H and O–H groups in total. The summed E-state index contributed by atoms with van der Waals surface area (Å²) in [7, 11) is 0. The Morgan fingerprint density at radius 1 is 1.54 bits per heavy atom. The van der Waals surface area contributed by atoms with Gasteiger partial charge in [-0.2, -0.15) is 0 Å². The van der Waals surface area contributed by atoms with Crippen molar-refractivity contribution in [1.82, 2.24) is 0 Å². The van der Waals surface area contributed by atoms with E-state index in [4.69, 9.17) is 10.5 Å². The Hall–Kier alpha value is -1.29. The van der Waals surface area contributed by atoms with Gasteiger partial charge >= 0.3 is 0 Å². The standard InChI is InChI=1S/C9H10FNO2/c10-5-1-2-7(12)8-6(11)3-4-13-9(5)8/h1-2,6,12H,3-4,11H2. The van der Waals surface area contributed by atoms with Crippen molar-refractivity contribution < 1.29 is 14.2 Å². The Bertz CT molecular complexity index is 341. The minimum Gasteiger partial charge on any atom is -0.507 e. The van der Waals surface area contributed by atoms with E-state index in [9.17, 15) is 9.50 Å². The molecule has 1 aliphatic rings. The van der Waals surface area contributed by atoms with Gasteiger partial charge in [0.25, 0.3) is 0 Å². The molecule has 0 amide bonds. The van der Waals surface area contributed by atoms with E-state index in [2.05, 4.69) is 0 Å². The number of nitrogens with two attached hydrogens (primary N) is 1. The highest BCUT2D eigenvalue weighted by Crippen LogP contribution is 2.38. The first-order valence-electron chi connectivity index (χ1n) is 4.10. The van der Waals surface area contributed by atoms with Crippen LogP contribution in [0.4, 0.5) is 4.39 Å². The summed E-state index contributed by atoms with van der Waals surface area (Å²) in [4.78, 5) is 0. The monoisotopic (exact) mass is 183 g/mol. The van der Waals surface area contributed by atoms with E-state index in [0.29, 0.717) is 18.6 Å². The maximum Gasteiger partial charge on any atom is 0.165 e. The summed E-state index contributed by atoms with van der Waals surface area (Å²) < 4.78 is 18.2. The second-order valence-electron chi connectivity index (χ2n) is 3.05. The van der Waals surface area contributed by atoms with Gasteiger partial charge in [0.2, 0.25) is 0 Å². The highest BCUT2D eigenvalue weighted by atomic mass is 19.1. The van der Waals surface area contributed by atoms with Gasteiger partial charge < -0.3 is 15.6 Å². The molecule has 2 rings (SSSR count). The zero-order valence-electron chi connectivity index (χ0n) is 6.96. The van der Waals surface area contributed by atoms with E-state index >= 15 is 0 Å². The molecule has 0 aromatic heterocycles. The number of fused-ring (bicyclic) bond motifs is 1. The number of hydrogen-bond acceptors (Lipinski definition) is 3. The highest BCUT2D eigenvalue weighted by Gasteiger charge is 2.24. The lowest BCUT2D eigenvalue weighted by Crippen LogP contribution is -2.21. The summed E-state index contributed by atoms with van der Waals surface area (Å²) in [5.74, 6) is -0.370. The van der Waals surface area contributed by atoms with Crippen LogP contribution in [-0.2, 0) is 0 Å². The first-order valence-corrected chi connectivity index (χ1v) is 4.10. The lowest BCUT2D eigenvalue weighted by Gasteiger charge is -2.23. The number of hydrogen-bond donors (Lipinski definition) is 2. The number of halogens is 1. The summed E-state index contributed by atoms with van der Waals surface area (Å²) in [5, 5.41) is 9.42. The Kier molecular flexibility index (Phi) is 1.84. The van der Waals surface area contributed by atoms with Gasteiger partial charge in [-0.15, -0.1) is 0 Å². The van der Waals surface area contributed by atoms with Gasteiger partial charge in [0.1, 0.15) is 5.75 Å². The zero-order valence-corrected chi connectivity index (χ0v) is 6.96. The van der Waals surface area contributed by atoms with Crippen LogP contribution in [0.1, 0.15) is 18.0 Å². The third-order valence-corrected chi connectivity index (χ3v) is 2.17. The number of ether oxygens (including phenoxy) is 1. The van der Waals surface area contributed by atoms with Gasteiger partial charge in [-0.05, 0) is 12.1 Å². The zero-order chi connectivity index (χ0) is 9.42. The van der Waals surface area contributed by atoms with Gasteiger partial charge in [0.05, 0.1) is 12.2 Å². The molecule has 0 aliphatic carbocycles. The van der Waals surface area contributed by atoms with Crippen molar-refractivity contribution >= 4 is 0 Å². The minimum atomic E-state index is -0.469. The fourth-order valence-electron chi connectivity index (χ4n) is 1.50. The molecular weight excluding hydrogens is 173 g/mol. The largest absolute Gasteiger partial charge is 0.507 e. The topological polar surface area (TPSA) is 55.5 Å². The van der Waals surface area contributed by atoms with Crippen LogP contribution < -0.4 is 10.5 Å². The van der Waals surface area contributed by atoms with Crippen LogP contribution >= 0.6 is 0 Å². The molecule has 0 fully saturated rings. The van der Waals surface area contributed by atoms with Crippen LogP contribution in [-0.4, -0.2) is 11.7 Å². The van der Waals surface area contributed by atoms with Gasteiger partial charge in [0, 0.05) is 12.5 Å². The molecule has 1 aromatic rings. The third kappa shape index (κ3) is 1.23. The molecule has 4 heteroatoms. The fourth-order valence-corrected chi connectivity index (χ4v) is 1.50. The first-order chi connectivity index (χ1) is 6.20. The third-order valence-electron chi connectivity index (χ3n) is 2.17. The minimum absolute atomic E-state index is 0.00333. The summed E-state index contributed by atoms with van der Waals surface area (Å²) in [6.07, 6.45) is 0.601.